The summed E-state index contributed by atoms with van der Waals surface area (Å²) in [6, 6.07) is 0. The minimum atomic E-state index is -0.781. The third-order valence-corrected chi connectivity index (χ3v) is 4.64. The Hall–Kier alpha value is -0.650. The molecule has 2 fully saturated rings. The number of carbonyl (C=O) groups is 1. The molecule has 22 heavy (non-hydrogen) atoms. The van der Waals surface area contributed by atoms with Crippen LogP contribution in [0.15, 0.2) is 0 Å². The predicted molar refractivity (Wildman–Crippen MR) is 82.5 cm³/mol. The van der Waals surface area contributed by atoms with E-state index in [1.807, 2.05) is 13.8 Å². The van der Waals surface area contributed by atoms with E-state index in [1.165, 1.54) is 0 Å². The minimum Gasteiger partial charge on any atom is -0.454 e. The van der Waals surface area contributed by atoms with Crippen molar-refractivity contribution < 1.29 is 23.7 Å². The Bertz CT molecular complexity index is 385. The van der Waals surface area contributed by atoms with E-state index in [0.29, 0.717) is 0 Å². The Labute approximate surface area is 133 Å². The van der Waals surface area contributed by atoms with Gasteiger partial charge in [-0.05, 0) is 39.5 Å². The number of methoxy groups -OCH3 is 1. The number of esters is 1. The van der Waals surface area contributed by atoms with E-state index in [0.717, 1.165) is 38.5 Å². The van der Waals surface area contributed by atoms with Crippen LogP contribution in [0.4, 0.5) is 0 Å². The maximum absolute atomic E-state index is 12.5. The molecule has 0 aliphatic carbocycles. The van der Waals surface area contributed by atoms with Crippen LogP contribution in [0.5, 0.6) is 0 Å². The smallest absolute Gasteiger partial charge is 0.338 e. The monoisotopic (exact) mass is 314 g/mol. The predicted octanol–water partition coefficient (Wildman–Crippen LogP) is 3.20. The van der Waals surface area contributed by atoms with E-state index in [9.17, 15) is 4.79 Å². The summed E-state index contributed by atoms with van der Waals surface area (Å²) in [4.78, 5) is 12.5. The molecule has 0 radical (unpaired) electrons. The Morgan fingerprint density at radius 1 is 1.09 bits per heavy atom. The van der Waals surface area contributed by atoms with Gasteiger partial charge in [-0.15, -0.1) is 0 Å². The van der Waals surface area contributed by atoms with Crippen LogP contribution in [0.3, 0.4) is 0 Å². The second-order valence-electron chi connectivity index (χ2n) is 6.87. The average Bonchev–Trinajstić information content (AvgIpc) is 2.79. The van der Waals surface area contributed by atoms with Gasteiger partial charge < -0.3 is 18.9 Å². The molecular weight excluding hydrogens is 284 g/mol. The molecule has 5 nitrogen and oxygen atoms in total. The standard InChI is InChI=1S/C17H30O5/c1-6-8-10-17(11-9-7-2)14(19-5)12-13(15(18)22-17)21-16(3,4)20-12/h12-14H,6-11H2,1-5H3/t12-,13+,14+/m0/s1. The molecule has 0 amide bonds. The highest BCUT2D eigenvalue weighted by Gasteiger charge is 2.61. The van der Waals surface area contributed by atoms with Gasteiger partial charge in [-0.2, -0.15) is 0 Å². The normalized spacial score (nSPS) is 32.6. The summed E-state index contributed by atoms with van der Waals surface area (Å²) in [5, 5.41) is 0. The number of hydrogen-bond donors (Lipinski definition) is 0. The molecule has 0 N–H and O–H groups in total. The molecular formula is C17H30O5. The Balaban J connectivity index is 2.29. The third-order valence-electron chi connectivity index (χ3n) is 4.64. The van der Waals surface area contributed by atoms with Crippen molar-refractivity contribution in [2.45, 2.75) is 95.9 Å². The SMILES string of the molecule is CCCCC1(CCCC)OC(=O)[C@@H]2OC(C)(C)O[C@@H]2[C@H]1OC. The number of hydrogen-bond acceptors (Lipinski definition) is 5. The molecule has 2 saturated heterocycles. The second-order valence-corrected chi connectivity index (χ2v) is 6.87. The largest absolute Gasteiger partial charge is 0.454 e. The summed E-state index contributed by atoms with van der Waals surface area (Å²) in [5.74, 6) is -1.09. The van der Waals surface area contributed by atoms with Crippen LogP contribution in [0, 0.1) is 0 Å². The number of rotatable bonds is 7. The number of cyclic esters (lactones) is 1. The first-order chi connectivity index (χ1) is 10.4. The second kappa shape index (κ2) is 6.85. The van der Waals surface area contributed by atoms with Crippen LogP contribution >= 0.6 is 0 Å². The fraction of sp³-hybridized carbons (Fsp3) is 0.941. The van der Waals surface area contributed by atoms with E-state index in [1.54, 1.807) is 7.11 Å². The number of fused-ring (bicyclic) bond motifs is 1. The van der Waals surface area contributed by atoms with Gasteiger partial charge in [-0.25, -0.2) is 4.79 Å². The van der Waals surface area contributed by atoms with Crippen LogP contribution in [-0.2, 0) is 23.7 Å². The van der Waals surface area contributed by atoms with E-state index in [4.69, 9.17) is 18.9 Å². The summed E-state index contributed by atoms with van der Waals surface area (Å²) < 4.78 is 23.4. The Morgan fingerprint density at radius 2 is 1.68 bits per heavy atom. The quantitative estimate of drug-likeness (QED) is 0.675. The van der Waals surface area contributed by atoms with Gasteiger partial charge in [0.25, 0.3) is 0 Å². The average molecular weight is 314 g/mol. The van der Waals surface area contributed by atoms with Crippen molar-refractivity contribution >= 4 is 5.97 Å². The molecule has 0 bridgehead atoms. The van der Waals surface area contributed by atoms with Crippen LogP contribution in [0.25, 0.3) is 0 Å². The first-order valence-corrected chi connectivity index (χ1v) is 8.50. The molecule has 2 heterocycles. The lowest BCUT2D eigenvalue weighted by Crippen LogP contribution is -2.62. The molecule has 3 atom stereocenters. The van der Waals surface area contributed by atoms with E-state index < -0.39 is 23.6 Å². The molecule has 2 aliphatic rings. The molecule has 5 heteroatoms. The first-order valence-electron chi connectivity index (χ1n) is 8.50. The van der Waals surface area contributed by atoms with E-state index in [-0.39, 0.29) is 12.1 Å². The lowest BCUT2D eigenvalue weighted by molar-refractivity contribution is -0.224. The fourth-order valence-electron chi connectivity index (χ4n) is 3.62. The molecule has 2 rings (SSSR count). The van der Waals surface area contributed by atoms with Crippen molar-refractivity contribution in [3.8, 4) is 0 Å². The van der Waals surface area contributed by atoms with Crippen molar-refractivity contribution in [3.05, 3.63) is 0 Å². The maximum atomic E-state index is 12.5. The molecule has 2 aliphatic heterocycles. The maximum Gasteiger partial charge on any atom is 0.338 e. The van der Waals surface area contributed by atoms with Gasteiger partial charge >= 0.3 is 5.97 Å². The van der Waals surface area contributed by atoms with Crippen molar-refractivity contribution in [3.63, 3.8) is 0 Å². The molecule has 0 spiro atoms. The highest BCUT2D eigenvalue weighted by molar-refractivity contribution is 5.77. The van der Waals surface area contributed by atoms with Crippen molar-refractivity contribution in [2.75, 3.05) is 7.11 Å². The van der Waals surface area contributed by atoms with Gasteiger partial charge in [-0.3, -0.25) is 0 Å². The minimum absolute atomic E-state index is 0.282. The van der Waals surface area contributed by atoms with Crippen LogP contribution in [0.1, 0.15) is 66.2 Å². The van der Waals surface area contributed by atoms with Crippen LogP contribution in [0.2, 0.25) is 0 Å². The summed E-state index contributed by atoms with van der Waals surface area (Å²) >= 11 is 0. The Morgan fingerprint density at radius 3 is 2.18 bits per heavy atom. The summed E-state index contributed by atoms with van der Waals surface area (Å²) in [5.41, 5.74) is -0.594. The van der Waals surface area contributed by atoms with Gasteiger partial charge in [-0.1, -0.05) is 26.7 Å². The van der Waals surface area contributed by atoms with Gasteiger partial charge in [0.1, 0.15) is 17.8 Å². The van der Waals surface area contributed by atoms with Crippen LogP contribution < -0.4 is 0 Å². The van der Waals surface area contributed by atoms with Gasteiger partial charge in [0.05, 0.1) is 0 Å². The van der Waals surface area contributed by atoms with Gasteiger partial charge in [0, 0.05) is 7.11 Å². The molecule has 0 saturated carbocycles. The zero-order valence-corrected chi connectivity index (χ0v) is 14.5. The fourth-order valence-corrected chi connectivity index (χ4v) is 3.62. The molecule has 0 aromatic rings. The lowest BCUT2D eigenvalue weighted by atomic mass is 9.79. The van der Waals surface area contributed by atoms with E-state index in [2.05, 4.69) is 13.8 Å². The lowest BCUT2D eigenvalue weighted by Gasteiger charge is -2.46. The number of ether oxygens (including phenoxy) is 4. The van der Waals surface area contributed by atoms with Crippen molar-refractivity contribution in [1.29, 1.82) is 0 Å². The topological polar surface area (TPSA) is 54.0 Å². The molecule has 0 aromatic carbocycles. The zero-order chi connectivity index (χ0) is 16.4. The van der Waals surface area contributed by atoms with Crippen molar-refractivity contribution in [1.82, 2.24) is 0 Å². The molecule has 128 valence electrons. The highest BCUT2D eigenvalue weighted by atomic mass is 16.8. The summed E-state index contributed by atoms with van der Waals surface area (Å²) in [7, 11) is 1.67. The molecule has 0 aromatic heterocycles. The third kappa shape index (κ3) is 3.31. The summed E-state index contributed by atoms with van der Waals surface area (Å²) in [6.45, 7) is 7.93. The zero-order valence-electron chi connectivity index (χ0n) is 14.5. The van der Waals surface area contributed by atoms with Gasteiger partial charge in [0.15, 0.2) is 11.9 Å². The number of carbonyl (C=O) groups excluding carboxylic acids is 1. The van der Waals surface area contributed by atoms with Crippen LogP contribution in [-0.4, -0.2) is 42.8 Å². The van der Waals surface area contributed by atoms with Crippen molar-refractivity contribution in [2.24, 2.45) is 0 Å². The highest BCUT2D eigenvalue weighted by Crippen LogP contribution is 2.44. The number of unbranched alkanes of at least 4 members (excludes halogenated alkanes) is 2. The molecule has 0 unspecified atom stereocenters. The first kappa shape index (κ1) is 17.7. The van der Waals surface area contributed by atoms with E-state index >= 15 is 0 Å². The van der Waals surface area contributed by atoms with Gasteiger partial charge in [0.2, 0.25) is 0 Å². The Kier molecular flexibility index (Phi) is 5.51. The summed E-state index contributed by atoms with van der Waals surface area (Å²) in [6.07, 6.45) is 4.36.